The summed E-state index contributed by atoms with van der Waals surface area (Å²) in [5.74, 6) is 0.789. The summed E-state index contributed by atoms with van der Waals surface area (Å²) in [6.07, 6.45) is 2.93. The summed E-state index contributed by atoms with van der Waals surface area (Å²) in [6, 6.07) is 0. The Balaban J connectivity index is 2.41. The van der Waals surface area contributed by atoms with Crippen molar-refractivity contribution in [1.82, 2.24) is 0 Å². The van der Waals surface area contributed by atoms with Crippen LogP contribution < -0.4 is 5.73 Å². The smallest absolute Gasteiger partial charge is 0.152 e. The van der Waals surface area contributed by atoms with Gasteiger partial charge in [0, 0.05) is 19.6 Å². The van der Waals surface area contributed by atoms with Gasteiger partial charge in [-0.05, 0) is 25.2 Å². The maximum atomic E-state index is 11.8. The Bertz CT molecular complexity index is 195. The monoisotopic (exact) mass is 199 g/mol. The number of rotatable bonds is 4. The van der Waals surface area contributed by atoms with Crippen LogP contribution in [0, 0.1) is 5.92 Å². The van der Waals surface area contributed by atoms with Gasteiger partial charge in [0.25, 0.3) is 0 Å². The van der Waals surface area contributed by atoms with Crippen LogP contribution in [0.25, 0.3) is 0 Å². The van der Waals surface area contributed by atoms with Gasteiger partial charge in [-0.25, -0.2) is 0 Å². The van der Waals surface area contributed by atoms with Gasteiger partial charge in [0.15, 0.2) is 5.78 Å². The van der Waals surface area contributed by atoms with E-state index in [1.165, 1.54) is 0 Å². The largest absolute Gasteiger partial charge is 0.381 e. The van der Waals surface area contributed by atoms with Gasteiger partial charge >= 0.3 is 0 Å². The highest BCUT2D eigenvalue weighted by Gasteiger charge is 2.34. The predicted molar refractivity (Wildman–Crippen MR) is 56.1 cm³/mol. The highest BCUT2D eigenvalue weighted by atomic mass is 16.5. The molecule has 0 saturated carbocycles. The fourth-order valence-electron chi connectivity index (χ4n) is 1.68. The maximum Gasteiger partial charge on any atom is 0.152 e. The first-order chi connectivity index (χ1) is 6.54. The third-order valence-corrected chi connectivity index (χ3v) is 2.89. The molecule has 0 aromatic carbocycles. The molecule has 82 valence electrons. The molecule has 3 heteroatoms. The zero-order valence-electron chi connectivity index (χ0n) is 9.21. The molecule has 0 aromatic rings. The molecule has 2 N–H and O–H groups in total. The van der Waals surface area contributed by atoms with Crippen molar-refractivity contribution in [3.63, 3.8) is 0 Å². The summed E-state index contributed by atoms with van der Waals surface area (Å²) in [4.78, 5) is 11.8. The first kappa shape index (κ1) is 11.7. The van der Waals surface area contributed by atoms with Gasteiger partial charge in [0.1, 0.15) is 0 Å². The number of carbonyl (C=O) groups is 1. The van der Waals surface area contributed by atoms with E-state index >= 15 is 0 Å². The maximum absolute atomic E-state index is 11.8. The number of hydrogen-bond donors (Lipinski definition) is 1. The lowest BCUT2D eigenvalue weighted by atomic mass is 9.84. The van der Waals surface area contributed by atoms with Crippen molar-refractivity contribution in [1.29, 1.82) is 0 Å². The quantitative estimate of drug-likeness (QED) is 0.746. The van der Waals surface area contributed by atoms with Crippen LogP contribution >= 0.6 is 0 Å². The van der Waals surface area contributed by atoms with E-state index in [0.717, 1.165) is 6.42 Å². The predicted octanol–water partition coefficient (Wildman–Crippen LogP) is 1.50. The topological polar surface area (TPSA) is 52.3 Å². The summed E-state index contributed by atoms with van der Waals surface area (Å²) in [6.45, 7) is 5.51. The Morgan fingerprint density at radius 3 is 2.50 bits per heavy atom. The van der Waals surface area contributed by atoms with Gasteiger partial charge < -0.3 is 10.5 Å². The third-order valence-electron chi connectivity index (χ3n) is 2.89. The summed E-state index contributed by atoms with van der Waals surface area (Å²) < 4.78 is 5.21. The van der Waals surface area contributed by atoms with Gasteiger partial charge in [-0.1, -0.05) is 13.8 Å². The molecule has 1 aliphatic rings. The normalized spacial score (nSPS) is 21.1. The third kappa shape index (κ3) is 3.07. The SMILES string of the molecule is CC(C)CCC(=O)C1(N)CCOCC1. The molecule has 1 aliphatic heterocycles. The summed E-state index contributed by atoms with van der Waals surface area (Å²) in [5.41, 5.74) is 5.47. The van der Waals surface area contributed by atoms with Crippen LogP contribution in [0.15, 0.2) is 0 Å². The molecule has 1 saturated heterocycles. The summed E-state index contributed by atoms with van der Waals surface area (Å²) in [7, 11) is 0. The number of ether oxygens (including phenoxy) is 1. The average Bonchev–Trinajstić information content (AvgIpc) is 2.15. The van der Waals surface area contributed by atoms with Crippen LogP contribution in [-0.4, -0.2) is 24.5 Å². The first-order valence-electron chi connectivity index (χ1n) is 5.44. The standard InChI is InChI=1S/C11H21NO2/c1-9(2)3-4-10(13)11(12)5-7-14-8-6-11/h9H,3-8,12H2,1-2H3. The van der Waals surface area contributed by atoms with Crippen molar-refractivity contribution >= 4 is 5.78 Å². The Labute approximate surface area is 86.0 Å². The van der Waals surface area contributed by atoms with Crippen LogP contribution in [0.1, 0.15) is 39.5 Å². The van der Waals surface area contributed by atoms with Crippen LogP contribution in [0.3, 0.4) is 0 Å². The van der Waals surface area contributed by atoms with Crippen LogP contribution in [0.5, 0.6) is 0 Å². The minimum Gasteiger partial charge on any atom is -0.381 e. The number of hydrogen-bond acceptors (Lipinski definition) is 3. The number of Topliss-reactive ketones (excluding diaryl/α,β-unsaturated/α-hetero) is 1. The van der Waals surface area contributed by atoms with Crippen molar-refractivity contribution in [3.8, 4) is 0 Å². The molecule has 14 heavy (non-hydrogen) atoms. The molecule has 0 radical (unpaired) electrons. The summed E-state index contributed by atoms with van der Waals surface area (Å²) in [5, 5.41) is 0. The number of ketones is 1. The van der Waals surface area contributed by atoms with E-state index in [9.17, 15) is 4.79 Å². The van der Waals surface area contributed by atoms with Crippen LogP contribution in [0.4, 0.5) is 0 Å². The zero-order chi connectivity index (χ0) is 10.6. The summed E-state index contributed by atoms with van der Waals surface area (Å²) >= 11 is 0. The minimum atomic E-state index is -0.590. The van der Waals surface area contributed by atoms with Crippen molar-refractivity contribution in [2.75, 3.05) is 13.2 Å². The van der Waals surface area contributed by atoms with Crippen molar-refractivity contribution < 1.29 is 9.53 Å². The van der Waals surface area contributed by atoms with Crippen LogP contribution in [-0.2, 0) is 9.53 Å². The van der Waals surface area contributed by atoms with E-state index in [1.807, 2.05) is 0 Å². The van der Waals surface area contributed by atoms with Gasteiger partial charge in [0.05, 0.1) is 5.54 Å². The van der Waals surface area contributed by atoms with Crippen molar-refractivity contribution in [2.24, 2.45) is 11.7 Å². The number of carbonyl (C=O) groups excluding carboxylic acids is 1. The van der Waals surface area contributed by atoms with Gasteiger partial charge in [-0.15, -0.1) is 0 Å². The zero-order valence-corrected chi connectivity index (χ0v) is 9.21. The Hall–Kier alpha value is -0.410. The molecule has 0 atom stereocenters. The highest BCUT2D eigenvalue weighted by molar-refractivity contribution is 5.88. The second-order valence-electron chi connectivity index (χ2n) is 4.62. The first-order valence-corrected chi connectivity index (χ1v) is 5.44. The molecule has 0 amide bonds. The molecule has 1 rings (SSSR count). The van der Waals surface area contributed by atoms with E-state index < -0.39 is 5.54 Å². The Morgan fingerprint density at radius 2 is 2.00 bits per heavy atom. The molecule has 1 fully saturated rings. The number of nitrogens with two attached hydrogens (primary N) is 1. The fraction of sp³-hybridized carbons (Fsp3) is 0.909. The molecule has 0 aromatic heterocycles. The molecule has 0 aliphatic carbocycles. The lowest BCUT2D eigenvalue weighted by Crippen LogP contribution is -2.51. The van der Waals surface area contributed by atoms with E-state index in [0.29, 0.717) is 38.4 Å². The lowest BCUT2D eigenvalue weighted by molar-refractivity contribution is -0.127. The van der Waals surface area contributed by atoms with Crippen molar-refractivity contribution in [3.05, 3.63) is 0 Å². The van der Waals surface area contributed by atoms with Crippen LogP contribution in [0.2, 0.25) is 0 Å². The minimum absolute atomic E-state index is 0.217. The van der Waals surface area contributed by atoms with E-state index in [2.05, 4.69) is 13.8 Å². The fourth-order valence-corrected chi connectivity index (χ4v) is 1.68. The Morgan fingerprint density at radius 1 is 1.43 bits per heavy atom. The molecule has 1 heterocycles. The van der Waals surface area contributed by atoms with Gasteiger partial charge in [0.2, 0.25) is 0 Å². The van der Waals surface area contributed by atoms with E-state index in [1.54, 1.807) is 0 Å². The average molecular weight is 199 g/mol. The van der Waals surface area contributed by atoms with E-state index in [-0.39, 0.29) is 5.78 Å². The molecule has 0 unspecified atom stereocenters. The molecule has 0 spiro atoms. The second kappa shape index (κ2) is 4.89. The molecule has 3 nitrogen and oxygen atoms in total. The lowest BCUT2D eigenvalue weighted by Gasteiger charge is -2.32. The van der Waals surface area contributed by atoms with E-state index in [4.69, 9.17) is 10.5 Å². The second-order valence-corrected chi connectivity index (χ2v) is 4.62. The molecular formula is C11H21NO2. The molecular weight excluding hydrogens is 178 g/mol. The van der Waals surface area contributed by atoms with Gasteiger partial charge in [-0.3, -0.25) is 4.79 Å². The Kier molecular flexibility index (Phi) is 4.08. The molecule has 0 bridgehead atoms. The van der Waals surface area contributed by atoms with Gasteiger partial charge in [-0.2, -0.15) is 0 Å². The highest BCUT2D eigenvalue weighted by Crippen LogP contribution is 2.21. The van der Waals surface area contributed by atoms with Crippen molar-refractivity contribution in [2.45, 2.75) is 45.1 Å².